The van der Waals surface area contributed by atoms with Crippen LogP contribution in [0.1, 0.15) is 29.0 Å². The largest absolute Gasteiger partial charge is 0.480 e. The van der Waals surface area contributed by atoms with Crippen LogP contribution in [0, 0.1) is 0 Å². The number of carbonyl (C=O) groups is 3. The summed E-state index contributed by atoms with van der Waals surface area (Å²) in [5, 5.41) is 12.4. The Bertz CT molecular complexity index is 908. The lowest BCUT2D eigenvalue weighted by atomic mass is 9.87. The summed E-state index contributed by atoms with van der Waals surface area (Å²) in [5.74, 6) is -2.23. The normalized spacial score (nSPS) is 21.4. The summed E-state index contributed by atoms with van der Waals surface area (Å²) in [7, 11) is 0. The second kappa shape index (κ2) is 6.29. The molecule has 2 atom stereocenters. The maximum Gasteiger partial charge on any atom is 0.326 e. The molecule has 6 heteroatoms. The third-order valence-electron chi connectivity index (χ3n) is 5.11. The molecule has 0 bridgehead atoms. The number of anilines is 1. The van der Waals surface area contributed by atoms with Crippen molar-refractivity contribution in [2.24, 2.45) is 0 Å². The van der Waals surface area contributed by atoms with Gasteiger partial charge in [-0.3, -0.25) is 9.59 Å². The standard InChI is InChI=1S/C20H18N2O4/c23-18-10-15(14-7-3-4-8-16(14)21-18)19(24)22-11-13-6-2-1-5-12(13)9-17(22)20(25)26/h1-8,15,17H,9-11H2,(H,21,23)(H,25,26). The Morgan fingerprint density at radius 2 is 1.69 bits per heavy atom. The minimum absolute atomic E-state index is 0.0281. The quantitative estimate of drug-likeness (QED) is 0.869. The van der Waals surface area contributed by atoms with Crippen molar-refractivity contribution in [2.45, 2.75) is 31.3 Å². The SMILES string of the molecule is O=C1CC(C(=O)N2Cc3ccccc3CC2C(=O)O)c2ccccc2N1. The Morgan fingerprint density at radius 3 is 2.46 bits per heavy atom. The van der Waals surface area contributed by atoms with Crippen LogP contribution in [0.5, 0.6) is 0 Å². The van der Waals surface area contributed by atoms with Crippen LogP contribution in [0.25, 0.3) is 0 Å². The van der Waals surface area contributed by atoms with Crippen LogP contribution < -0.4 is 5.32 Å². The molecule has 2 unspecified atom stereocenters. The minimum Gasteiger partial charge on any atom is -0.480 e. The number of carboxylic acid groups (broad SMARTS) is 1. The number of amides is 2. The topological polar surface area (TPSA) is 86.7 Å². The Kier molecular flexibility index (Phi) is 3.95. The van der Waals surface area contributed by atoms with E-state index >= 15 is 0 Å². The molecule has 2 aliphatic heterocycles. The van der Waals surface area contributed by atoms with Crippen molar-refractivity contribution in [1.29, 1.82) is 0 Å². The number of aliphatic carboxylic acids is 1. The summed E-state index contributed by atoms with van der Waals surface area (Å²) in [6.07, 6.45) is 0.304. The van der Waals surface area contributed by atoms with Crippen LogP contribution in [0.3, 0.4) is 0 Å². The number of nitrogens with one attached hydrogen (secondary N) is 1. The van der Waals surface area contributed by atoms with Crippen molar-refractivity contribution < 1.29 is 19.5 Å². The third-order valence-corrected chi connectivity index (χ3v) is 5.11. The van der Waals surface area contributed by atoms with Crippen LogP contribution in [0.15, 0.2) is 48.5 Å². The smallest absolute Gasteiger partial charge is 0.326 e. The van der Waals surface area contributed by atoms with E-state index < -0.39 is 17.9 Å². The molecule has 2 amide bonds. The fourth-order valence-corrected chi connectivity index (χ4v) is 3.81. The number of carboxylic acids is 1. The predicted octanol–water partition coefficient (Wildman–Crippen LogP) is 2.15. The van der Waals surface area contributed by atoms with Crippen LogP contribution in [-0.4, -0.2) is 33.8 Å². The van der Waals surface area contributed by atoms with E-state index in [0.29, 0.717) is 5.69 Å². The first-order valence-corrected chi connectivity index (χ1v) is 8.53. The molecule has 0 saturated carbocycles. The lowest BCUT2D eigenvalue weighted by Crippen LogP contribution is -2.51. The summed E-state index contributed by atoms with van der Waals surface area (Å²) < 4.78 is 0. The molecule has 26 heavy (non-hydrogen) atoms. The fourth-order valence-electron chi connectivity index (χ4n) is 3.81. The zero-order valence-electron chi connectivity index (χ0n) is 14.0. The van der Waals surface area contributed by atoms with Gasteiger partial charge in [-0.25, -0.2) is 4.79 Å². The molecular formula is C20H18N2O4. The van der Waals surface area contributed by atoms with Gasteiger partial charge in [0.1, 0.15) is 6.04 Å². The molecule has 2 aliphatic rings. The summed E-state index contributed by atoms with van der Waals surface area (Å²) in [6.45, 7) is 0.242. The van der Waals surface area contributed by atoms with E-state index in [1.165, 1.54) is 4.90 Å². The number of carbonyl (C=O) groups excluding carboxylic acids is 2. The van der Waals surface area contributed by atoms with Crippen molar-refractivity contribution >= 4 is 23.5 Å². The third kappa shape index (κ3) is 2.73. The van der Waals surface area contributed by atoms with Gasteiger partial charge in [0.15, 0.2) is 0 Å². The summed E-state index contributed by atoms with van der Waals surface area (Å²) in [4.78, 5) is 38.5. The Labute approximate surface area is 150 Å². The molecule has 0 aromatic heterocycles. The molecule has 2 aromatic carbocycles. The van der Waals surface area contributed by atoms with Gasteiger partial charge in [0, 0.05) is 25.1 Å². The average molecular weight is 350 g/mol. The van der Waals surface area contributed by atoms with Crippen LogP contribution in [-0.2, 0) is 27.3 Å². The number of hydrogen-bond acceptors (Lipinski definition) is 3. The van der Waals surface area contributed by atoms with Crippen molar-refractivity contribution in [2.75, 3.05) is 5.32 Å². The van der Waals surface area contributed by atoms with Gasteiger partial charge in [0.05, 0.1) is 5.92 Å². The molecule has 0 saturated heterocycles. The molecule has 2 N–H and O–H groups in total. The fraction of sp³-hybridized carbons (Fsp3) is 0.250. The highest BCUT2D eigenvalue weighted by Gasteiger charge is 2.40. The number of nitrogens with zero attached hydrogens (tertiary/aromatic N) is 1. The van der Waals surface area contributed by atoms with Gasteiger partial charge in [-0.2, -0.15) is 0 Å². The number of hydrogen-bond donors (Lipinski definition) is 2. The summed E-state index contributed by atoms with van der Waals surface area (Å²) in [5.41, 5.74) is 3.25. The van der Waals surface area contributed by atoms with E-state index in [2.05, 4.69) is 5.32 Å². The second-order valence-corrected chi connectivity index (χ2v) is 6.69. The van der Waals surface area contributed by atoms with Crippen molar-refractivity contribution in [3.63, 3.8) is 0 Å². The number of fused-ring (bicyclic) bond motifs is 2. The highest BCUT2D eigenvalue weighted by Crippen LogP contribution is 2.35. The van der Waals surface area contributed by atoms with E-state index in [1.807, 2.05) is 36.4 Å². The zero-order valence-corrected chi connectivity index (χ0v) is 14.0. The first-order valence-electron chi connectivity index (χ1n) is 8.53. The summed E-state index contributed by atoms with van der Waals surface area (Å²) in [6, 6.07) is 13.8. The van der Waals surface area contributed by atoms with Gasteiger partial charge >= 0.3 is 5.97 Å². The van der Waals surface area contributed by atoms with E-state index in [-0.39, 0.29) is 31.2 Å². The van der Waals surface area contributed by atoms with Crippen molar-refractivity contribution in [3.8, 4) is 0 Å². The second-order valence-electron chi connectivity index (χ2n) is 6.69. The van der Waals surface area contributed by atoms with Gasteiger partial charge in [0.25, 0.3) is 0 Å². The highest BCUT2D eigenvalue weighted by molar-refractivity contribution is 6.01. The highest BCUT2D eigenvalue weighted by atomic mass is 16.4. The van der Waals surface area contributed by atoms with Gasteiger partial charge in [-0.15, -0.1) is 0 Å². The average Bonchev–Trinajstić information content (AvgIpc) is 2.65. The predicted molar refractivity (Wildman–Crippen MR) is 94.5 cm³/mol. The monoisotopic (exact) mass is 350 g/mol. The van der Waals surface area contributed by atoms with Gasteiger partial charge < -0.3 is 15.3 Å². The van der Waals surface area contributed by atoms with Gasteiger partial charge in [0.2, 0.25) is 11.8 Å². The van der Waals surface area contributed by atoms with E-state index in [4.69, 9.17) is 0 Å². The molecular weight excluding hydrogens is 332 g/mol. The van der Waals surface area contributed by atoms with Gasteiger partial charge in [-0.05, 0) is 22.8 Å². The van der Waals surface area contributed by atoms with Crippen LogP contribution in [0.4, 0.5) is 5.69 Å². The molecule has 0 aliphatic carbocycles. The lowest BCUT2D eigenvalue weighted by Gasteiger charge is -2.37. The number of rotatable bonds is 2. The van der Waals surface area contributed by atoms with Crippen LogP contribution >= 0.6 is 0 Å². The number of benzene rings is 2. The Morgan fingerprint density at radius 1 is 1.00 bits per heavy atom. The lowest BCUT2D eigenvalue weighted by molar-refractivity contribution is -0.152. The molecule has 0 radical (unpaired) electrons. The molecule has 0 fully saturated rings. The van der Waals surface area contributed by atoms with Crippen molar-refractivity contribution in [3.05, 3.63) is 65.2 Å². The maximum atomic E-state index is 13.3. The maximum absolute atomic E-state index is 13.3. The first-order chi connectivity index (χ1) is 12.5. The number of para-hydroxylation sites is 1. The molecule has 0 spiro atoms. The zero-order chi connectivity index (χ0) is 18.3. The van der Waals surface area contributed by atoms with Crippen LogP contribution in [0.2, 0.25) is 0 Å². The molecule has 6 nitrogen and oxygen atoms in total. The molecule has 4 rings (SSSR count). The van der Waals surface area contributed by atoms with Gasteiger partial charge in [-0.1, -0.05) is 42.5 Å². The van der Waals surface area contributed by atoms with E-state index in [0.717, 1.165) is 16.7 Å². The Balaban J connectivity index is 1.71. The molecule has 2 aromatic rings. The van der Waals surface area contributed by atoms with Crippen molar-refractivity contribution in [1.82, 2.24) is 4.90 Å². The minimum atomic E-state index is -1.03. The Hall–Kier alpha value is -3.15. The molecule has 2 heterocycles. The van der Waals surface area contributed by atoms with E-state index in [9.17, 15) is 19.5 Å². The molecule has 132 valence electrons. The first kappa shape index (κ1) is 16.3. The van der Waals surface area contributed by atoms with E-state index in [1.54, 1.807) is 12.1 Å². The summed E-state index contributed by atoms with van der Waals surface area (Å²) >= 11 is 0.